The van der Waals surface area contributed by atoms with Gasteiger partial charge in [-0.2, -0.15) is 0 Å². The maximum absolute atomic E-state index is 5.43. The molecule has 2 aromatic heterocycles. The number of nitrogens with two attached hydrogens (primary N) is 1. The highest BCUT2D eigenvalue weighted by atomic mass is 32.1. The van der Waals surface area contributed by atoms with Gasteiger partial charge in [0.15, 0.2) is 5.65 Å². The molecule has 2 aromatic rings. The highest BCUT2D eigenvalue weighted by Gasteiger charge is 1.99. The van der Waals surface area contributed by atoms with E-state index in [1.165, 1.54) is 6.20 Å². The molecule has 0 fully saturated rings. The summed E-state index contributed by atoms with van der Waals surface area (Å²) in [6.07, 6.45) is 3.28. The molecule has 2 heterocycles. The Hall–Kier alpha value is -1.23. The number of thiol groups is 1. The predicted molar refractivity (Wildman–Crippen MR) is 46.3 cm³/mol. The number of hydrogen-bond acceptors (Lipinski definition) is 4. The Kier molecular flexibility index (Phi) is 1.25. The summed E-state index contributed by atoms with van der Waals surface area (Å²) in [6, 6.07) is 1.81. The third-order valence-electron chi connectivity index (χ3n) is 1.39. The number of nitrogens with zero attached hydrogens (tertiary/aromatic N) is 3. The standard InChI is InChI=1S/C6H6N4S/c7-5-3-8-6-4(9-5)1-2-10(6)11/h1-3,11H,(H2,7,9). The maximum Gasteiger partial charge on any atom is 0.168 e. The Labute approximate surface area is 68.6 Å². The van der Waals surface area contributed by atoms with Crippen LogP contribution in [0.5, 0.6) is 0 Å². The number of hydrogen-bond donors (Lipinski definition) is 2. The van der Waals surface area contributed by atoms with E-state index in [9.17, 15) is 0 Å². The molecule has 0 saturated heterocycles. The van der Waals surface area contributed by atoms with Gasteiger partial charge in [0.1, 0.15) is 11.3 Å². The summed E-state index contributed by atoms with van der Waals surface area (Å²) < 4.78 is 1.60. The zero-order chi connectivity index (χ0) is 7.84. The lowest BCUT2D eigenvalue weighted by Crippen LogP contribution is -1.91. The van der Waals surface area contributed by atoms with E-state index in [0.717, 1.165) is 11.2 Å². The van der Waals surface area contributed by atoms with Crippen LogP contribution in [0.3, 0.4) is 0 Å². The first-order valence-corrected chi connectivity index (χ1v) is 3.46. The molecule has 0 amide bonds. The Bertz CT molecular complexity index is 394. The SMILES string of the molecule is Nc1cnc2c(ccn2S)n1. The molecule has 0 aromatic carbocycles. The highest BCUT2D eigenvalue weighted by molar-refractivity contribution is 7.78. The van der Waals surface area contributed by atoms with E-state index < -0.39 is 0 Å². The third kappa shape index (κ3) is 0.932. The fraction of sp³-hybridized carbons (Fsp3) is 0. The van der Waals surface area contributed by atoms with Crippen LogP contribution in [-0.2, 0) is 0 Å². The first-order chi connectivity index (χ1) is 5.27. The summed E-state index contributed by atoms with van der Waals surface area (Å²) in [5.74, 6) is 0.428. The van der Waals surface area contributed by atoms with E-state index in [1.807, 2.05) is 6.07 Å². The Morgan fingerprint density at radius 1 is 1.55 bits per heavy atom. The molecule has 56 valence electrons. The highest BCUT2D eigenvalue weighted by Crippen LogP contribution is 2.12. The third-order valence-corrected chi connectivity index (χ3v) is 1.71. The molecule has 0 unspecified atom stereocenters. The van der Waals surface area contributed by atoms with Gasteiger partial charge in [-0.1, -0.05) is 12.8 Å². The lowest BCUT2D eigenvalue weighted by atomic mass is 10.5. The lowest BCUT2D eigenvalue weighted by Gasteiger charge is -1.93. The van der Waals surface area contributed by atoms with Crippen molar-refractivity contribution in [1.82, 2.24) is 13.9 Å². The quantitative estimate of drug-likeness (QED) is 0.566. The summed E-state index contributed by atoms with van der Waals surface area (Å²) in [5.41, 5.74) is 6.91. The van der Waals surface area contributed by atoms with Gasteiger partial charge in [-0.25, -0.2) is 9.97 Å². The molecule has 0 spiro atoms. The lowest BCUT2D eigenvalue weighted by molar-refractivity contribution is 1.24. The molecule has 5 heteroatoms. The van der Waals surface area contributed by atoms with Crippen molar-refractivity contribution < 1.29 is 0 Å². The van der Waals surface area contributed by atoms with Crippen molar-refractivity contribution in [2.45, 2.75) is 0 Å². The first kappa shape index (κ1) is 6.48. The van der Waals surface area contributed by atoms with Gasteiger partial charge in [-0.15, -0.1) is 0 Å². The monoisotopic (exact) mass is 166 g/mol. The maximum atomic E-state index is 5.43. The second-order valence-electron chi connectivity index (χ2n) is 2.16. The molecule has 11 heavy (non-hydrogen) atoms. The van der Waals surface area contributed by atoms with E-state index in [-0.39, 0.29) is 0 Å². The molecule has 4 nitrogen and oxygen atoms in total. The van der Waals surface area contributed by atoms with Gasteiger partial charge in [0, 0.05) is 6.20 Å². The van der Waals surface area contributed by atoms with Gasteiger partial charge in [0.2, 0.25) is 0 Å². The first-order valence-electron chi connectivity index (χ1n) is 3.06. The van der Waals surface area contributed by atoms with E-state index in [4.69, 9.17) is 5.73 Å². The second kappa shape index (κ2) is 2.13. The molecule has 0 aliphatic heterocycles. The van der Waals surface area contributed by atoms with Crippen molar-refractivity contribution in [3.05, 3.63) is 18.5 Å². The summed E-state index contributed by atoms with van der Waals surface area (Å²) in [6.45, 7) is 0. The van der Waals surface area contributed by atoms with Gasteiger partial charge in [-0.3, -0.25) is 3.97 Å². The Morgan fingerprint density at radius 3 is 3.18 bits per heavy atom. The average Bonchev–Trinajstić information content (AvgIpc) is 2.32. The van der Waals surface area contributed by atoms with Crippen molar-refractivity contribution in [2.75, 3.05) is 5.73 Å². The van der Waals surface area contributed by atoms with Crippen LogP contribution in [0.15, 0.2) is 18.5 Å². The number of nitrogen functional groups attached to an aromatic ring is 1. The fourth-order valence-electron chi connectivity index (χ4n) is 0.911. The van der Waals surface area contributed by atoms with Crippen LogP contribution in [0.1, 0.15) is 0 Å². The van der Waals surface area contributed by atoms with Crippen LogP contribution >= 0.6 is 12.8 Å². The fourth-order valence-corrected chi connectivity index (χ4v) is 1.13. The average molecular weight is 166 g/mol. The van der Waals surface area contributed by atoms with E-state index in [1.54, 1.807) is 10.2 Å². The number of anilines is 1. The van der Waals surface area contributed by atoms with Gasteiger partial charge in [0.25, 0.3) is 0 Å². The molecule has 2 rings (SSSR count). The van der Waals surface area contributed by atoms with Crippen LogP contribution in [0.2, 0.25) is 0 Å². The van der Waals surface area contributed by atoms with Crippen molar-refractivity contribution >= 4 is 29.8 Å². The summed E-state index contributed by atoms with van der Waals surface area (Å²) in [5, 5.41) is 0. The molecule has 0 aliphatic carbocycles. The minimum atomic E-state index is 0.428. The number of aromatic nitrogens is 3. The topological polar surface area (TPSA) is 56.7 Å². The number of rotatable bonds is 0. The summed E-state index contributed by atoms with van der Waals surface area (Å²) in [4.78, 5) is 8.08. The zero-order valence-electron chi connectivity index (χ0n) is 5.60. The van der Waals surface area contributed by atoms with Gasteiger partial charge < -0.3 is 5.73 Å². The molecule has 0 atom stereocenters. The van der Waals surface area contributed by atoms with Gasteiger partial charge in [0.05, 0.1) is 6.20 Å². The van der Waals surface area contributed by atoms with Crippen LogP contribution in [0, 0.1) is 0 Å². The van der Waals surface area contributed by atoms with Crippen LogP contribution in [0.4, 0.5) is 5.82 Å². The molecule has 0 radical (unpaired) electrons. The van der Waals surface area contributed by atoms with Crippen molar-refractivity contribution in [3.63, 3.8) is 0 Å². The van der Waals surface area contributed by atoms with Crippen molar-refractivity contribution in [3.8, 4) is 0 Å². The van der Waals surface area contributed by atoms with Crippen molar-refractivity contribution in [2.24, 2.45) is 0 Å². The molecule has 0 bridgehead atoms. The van der Waals surface area contributed by atoms with Crippen LogP contribution < -0.4 is 5.73 Å². The Morgan fingerprint density at radius 2 is 2.36 bits per heavy atom. The van der Waals surface area contributed by atoms with Crippen LogP contribution in [-0.4, -0.2) is 13.9 Å². The van der Waals surface area contributed by atoms with Crippen molar-refractivity contribution in [1.29, 1.82) is 0 Å². The zero-order valence-corrected chi connectivity index (χ0v) is 6.49. The minimum Gasteiger partial charge on any atom is -0.382 e. The van der Waals surface area contributed by atoms with E-state index in [2.05, 4.69) is 22.8 Å². The second-order valence-corrected chi connectivity index (χ2v) is 2.59. The van der Waals surface area contributed by atoms with Gasteiger partial charge in [-0.05, 0) is 6.07 Å². The van der Waals surface area contributed by atoms with Crippen LogP contribution in [0.25, 0.3) is 11.2 Å². The predicted octanol–water partition coefficient (Wildman–Crippen LogP) is 0.706. The molecular weight excluding hydrogens is 160 g/mol. The molecular formula is C6H6N4S. The molecule has 0 saturated carbocycles. The summed E-state index contributed by atoms with van der Waals surface area (Å²) in [7, 11) is 0. The Balaban J connectivity index is 2.86. The van der Waals surface area contributed by atoms with E-state index >= 15 is 0 Å². The largest absolute Gasteiger partial charge is 0.382 e. The van der Waals surface area contributed by atoms with E-state index in [0.29, 0.717) is 5.82 Å². The summed E-state index contributed by atoms with van der Waals surface area (Å²) >= 11 is 4.11. The molecule has 2 N–H and O–H groups in total. The smallest absolute Gasteiger partial charge is 0.168 e. The normalized spacial score (nSPS) is 10.6. The minimum absolute atomic E-state index is 0.428. The molecule has 0 aliphatic rings. The van der Waals surface area contributed by atoms with Gasteiger partial charge >= 0.3 is 0 Å². The number of fused-ring (bicyclic) bond motifs is 1.